The van der Waals surface area contributed by atoms with Crippen LogP contribution in [0.3, 0.4) is 0 Å². The zero-order valence-electron chi connectivity index (χ0n) is 9.58. The van der Waals surface area contributed by atoms with Gasteiger partial charge in [0.25, 0.3) is 0 Å². The highest BCUT2D eigenvalue weighted by molar-refractivity contribution is 5.34. The average molecular weight is 210 g/mol. The standard InChI is InChI=1S/C12H18O3/c1-13-7-10-5-4-6-11(8-14-2)12(10)9-15-3/h4-6H,7-9H2,1-3H3. The Morgan fingerprint density at radius 1 is 0.800 bits per heavy atom. The minimum Gasteiger partial charge on any atom is -0.380 e. The van der Waals surface area contributed by atoms with Crippen LogP contribution in [0.25, 0.3) is 0 Å². The van der Waals surface area contributed by atoms with Crippen LogP contribution in [0.2, 0.25) is 0 Å². The zero-order chi connectivity index (χ0) is 11.1. The number of rotatable bonds is 6. The molecule has 0 N–H and O–H groups in total. The molecule has 0 aromatic heterocycles. The molecule has 0 aliphatic rings. The van der Waals surface area contributed by atoms with E-state index in [2.05, 4.69) is 12.1 Å². The molecular weight excluding hydrogens is 192 g/mol. The van der Waals surface area contributed by atoms with Gasteiger partial charge in [0.2, 0.25) is 0 Å². The Hall–Kier alpha value is -0.900. The summed E-state index contributed by atoms with van der Waals surface area (Å²) in [7, 11) is 5.08. The highest BCUT2D eigenvalue weighted by Crippen LogP contribution is 2.17. The number of methoxy groups -OCH3 is 3. The van der Waals surface area contributed by atoms with Crippen LogP contribution in [0.1, 0.15) is 16.7 Å². The van der Waals surface area contributed by atoms with Gasteiger partial charge in [-0.25, -0.2) is 0 Å². The first kappa shape index (κ1) is 12.2. The summed E-state index contributed by atoms with van der Waals surface area (Å²) in [4.78, 5) is 0. The van der Waals surface area contributed by atoms with Crippen molar-refractivity contribution in [2.24, 2.45) is 0 Å². The van der Waals surface area contributed by atoms with Crippen LogP contribution in [-0.4, -0.2) is 21.3 Å². The molecular formula is C12H18O3. The van der Waals surface area contributed by atoms with Crippen LogP contribution in [-0.2, 0) is 34.0 Å². The summed E-state index contributed by atoms with van der Waals surface area (Å²) in [5.41, 5.74) is 3.49. The van der Waals surface area contributed by atoms with E-state index in [4.69, 9.17) is 14.2 Å². The van der Waals surface area contributed by atoms with Crippen LogP contribution >= 0.6 is 0 Å². The third kappa shape index (κ3) is 3.30. The molecule has 0 heterocycles. The van der Waals surface area contributed by atoms with E-state index in [1.807, 2.05) is 6.07 Å². The molecule has 0 fully saturated rings. The van der Waals surface area contributed by atoms with Gasteiger partial charge >= 0.3 is 0 Å². The van der Waals surface area contributed by atoms with Crippen molar-refractivity contribution in [2.75, 3.05) is 21.3 Å². The predicted octanol–water partition coefficient (Wildman–Crippen LogP) is 2.13. The lowest BCUT2D eigenvalue weighted by atomic mass is 10.0. The van der Waals surface area contributed by atoms with Crippen molar-refractivity contribution in [2.45, 2.75) is 19.8 Å². The van der Waals surface area contributed by atoms with Gasteiger partial charge in [-0.3, -0.25) is 0 Å². The second-order valence-corrected chi connectivity index (χ2v) is 3.35. The fraction of sp³-hybridized carbons (Fsp3) is 0.500. The van der Waals surface area contributed by atoms with Gasteiger partial charge in [0.15, 0.2) is 0 Å². The van der Waals surface area contributed by atoms with Crippen LogP contribution in [0, 0.1) is 0 Å². The molecule has 0 unspecified atom stereocenters. The van der Waals surface area contributed by atoms with Crippen molar-refractivity contribution < 1.29 is 14.2 Å². The normalized spacial score (nSPS) is 10.6. The molecule has 0 spiro atoms. The second-order valence-electron chi connectivity index (χ2n) is 3.35. The van der Waals surface area contributed by atoms with Gasteiger partial charge in [-0.15, -0.1) is 0 Å². The Bertz CT molecular complexity index is 273. The highest BCUT2D eigenvalue weighted by atomic mass is 16.5. The van der Waals surface area contributed by atoms with Gasteiger partial charge in [0.1, 0.15) is 0 Å². The third-order valence-corrected chi connectivity index (χ3v) is 2.26. The molecule has 84 valence electrons. The minimum absolute atomic E-state index is 0.595. The van der Waals surface area contributed by atoms with E-state index < -0.39 is 0 Å². The van der Waals surface area contributed by atoms with Crippen molar-refractivity contribution in [3.63, 3.8) is 0 Å². The summed E-state index contributed by atoms with van der Waals surface area (Å²) < 4.78 is 15.5. The van der Waals surface area contributed by atoms with Gasteiger partial charge in [0.05, 0.1) is 19.8 Å². The number of hydrogen-bond donors (Lipinski definition) is 0. The smallest absolute Gasteiger partial charge is 0.0720 e. The van der Waals surface area contributed by atoms with Crippen LogP contribution in [0.15, 0.2) is 18.2 Å². The summed E-state index contributed by atoms with van der Waals surface area (Å²) in [6, 6.07) is 6.12. The number of ether oxygens (including phenoxy) is 3. The molecule has 0 bridgehead atoms. The summed E-state index contributed by atoms with van der Waals surface area (Å²) in [5, 5.41) is 0. The Kier molecular flexibility index (Phi) is 5.32. The summed E-state index contributed by atoms with van der Waals surface area (Å²) >= 11 is 0. The van der Waals surface area contributed by atoms with Gasteiger partial charge in [-0.2, -0.15) is 0 Å². The molecule has 0 aliphatic carbocycles. The van der Waals surface area contributed by atoms with Crippen molar-refractivity contribution >= 4 is 0 Å². The number of hydrogen-bond acceptors (Lipinski definition) is 3. The summed E-state index contributed by atoms with van der Waals surface area (Å²) in [6.45, 7) is 1.81. The van der Waals surface area contributed by atoms with E-state index in [0.717, 1.165) is 11.1 Å². The molecule has 3 heteroatoms. The van der Waals surface area contributed by atoms with E-state index >= 15 is 0 Å². The van der Waals surface area contributed by atoms with Crippen molar-refractivity contribution in [3.05, 3.63) is 34.9 Å². The summed E-state index contributed by atoms with van der Waals surface area (Å²) in [5.74, 6) is 0. The third-order valence-electron chi connectivity index (χ3n) is 2.26. The van der Waals surface area contributed by atoms with E-state index in [9.17, 15) is 0 Å². The monoisotopic (exact) mass is 210 g/mol. The molecule has 0 saturated heterocycles. The van der Waals surface area contributed by atoms with Crippen LogP contribution in [0.5, 0.6) is 0 Å². The molecule has 1 rings (SSSR count). The minimum atomic E-state index is 0.595. The molecule has 0 radical (unpaired) electrons. The lowest BCUT2D eigenvalue weighted by molar-refractivity contribution is 0.159. The molecule has 15 heavy (non-hydrogen) atoms. The fourth-order valence-electron chi connectivity index (χ4n) is 1.60. The van der Waals surface area contributed by atoms with E-state index in [-0.39, 0.29) is 0 Å². The van der Waals surface area contributed by atoms with E-state index in [0.29, 0.717) is 19.8 Å². The van der Waals surface area contributed by atoms with E-state index in [1.54, 1.807) is 21.3 Å². The van der Waals surface area contributed by atoms with Crippen molar-refractivity contribution in [3.8, 4) is 0 Å². The van der Waals surface area contributed by atoms with Crippen LogP contribution in [0.4, 0.5) is 0 Å². The molecule has 0 aliphatic heterocycles. The van der Waals surface area contributed by atoms with Gasteiger partial charge in [-0.05, 0) is 16.7 Å². The second kappa shape index (κ2) is 6.56. The fourth-order valence-corrected chi connectivity index (χ4v) is 1.60. The summed E-state index contributed by atoms with van der Waals surface area (Å²) in [6.07, 6.45) is 0. The zero-order valence-corrected chi connectivity index (χ0v) is 9.58. The largest absolute Gasteiger partial charge is 0.380 e. The predicted molar refractivity (Wildman–Crippen MR) is 58.6 cm³/mol. The maximum Gasteiger partial charge on any atom is 0.0720 e. The Balaban J connectivity index is 2.97. The van der Waals surface area contributed by atoms with Gasteiger partial charge in [0, 0.05) is 21.3 Å². The van der Waals surface area contributed by atoms with E-state index in [1.165, 1.54) is 5.56 Å². The molecule has 1 aromatic carbocycles. The molecule has 0 saturated carbocycles. The molecule has 0 amide bonds. The lowest BCUT2D eigenvalue weighted by Crippen LogP contribution is -2.03. The average Bonchev–Trinajstić information content (AvgIpc) is 2.23. The first-order valence-electron chi connectivity index (χ1n) is 4.90. The Morgan fingerprint density at radius 3 is 1.67 bits per heavy atom. The van der Waals surface area contributed by atoms with Gasteiger partial charge < -0.3 is 14.2 Å². The SMILES string of the molecule is COCc1cccc(COC)c1COC. The van der Waals surface area contributed by atoms with Crippen molar-refractivity contribution in [1.29, 1.82) is 0 Å². The topological polar surface area (TPSA) is 27.7 Å². The quantitative estimate of drug-likeness (QED) is 0.720. The first-order valence-corrected chi connectivity index (χ1v) is 4.90. The Morgan fingerprint density at radius 2 is 1.27 bits per heavy atom. The lowest BCUT2D eigenvalue weighted by Gasteiger charge is -2.13. The van der Waals surface area contributed by atoms with Gasteiger partial charge in [-0.1, -0.05) is 18.2 Å². The first-order chi connectivity index (χ1) is 7.33. The maximum atomic E-state index is 5.19. The number of benzene rings is 1. The maximum absolute atomic E-state index is 5.19. The molecule has 0 atom stereocenters. The Labute approximate surface area is 91.0 Å². The van der Waals surface area contributed by atoms with Crippen LogP contribution < -0.4 is 0 Å². The molecule has 1 aromatic rings. The highest BCUT2D eigenvalue weighted by Gasteiger charge is 2.07. The molecule has 3 nitrogen and oxygen atoms in total. The van der Waals surface area contributed by atoms with Crippen molar-refractivity contribution in [1.82, 2.24) is 0 Å².